The fourth-order valence-corrected chi connectivity index (χ4v) is 1.29. The minimum atomic E-state index is -4.30. The smallest absolute Gasteiger partial charge is 0.166 e. The second-order valence-electron chi connectivity index (χ2n) is 3.69. The van der Waals surface area contributed by atoms with Gasteiger partial charge in [0.1, 0.15) is 0 Å². The van der Waals surface area contributed by atoms with Crippen molar-refractivity contribution in [1.29, 1.82) is 0 Å². The maximum atomic E-state index is 12.3. The van der Waals surface area contributed by atoms with Gasteiger partial charge in [-0.05, 0) is 30.2 Å². The van der Waals surface area contributed by atoms with Crippen LogP contribution in [0, 0.1) is 0 Å². The summed E-state index contributed by atoms with van der Waals surface area (Å²) in [6, 6.07) is 4.94. The van der Waals surface area contributed by atoms with Gasteiger partial charge in [0.15, 0.2) is 0 Å². The molecule has 0 heterocycles. The van der Waals surface area contributed by atoms with Crippen molar-refractivity contribution in [2.75, 3.05) is 0 Å². The zero-order valence-electron chi connectivity index (χ0n) is 9.51. The van der Waals surface area contributed by atoms with Gasteiger partial charge in [0.25, 0.3) is 0 Å². The Hall–Kier alpha value is -1.77. The molecule has 0 atom stereocenters. The molecule has 3 heteroatoms. The summed E-state index contributed by atoms with van der Waals surface area (Å²) in [6.07, 6.45) is -0.863. The molecule has 0 aliphatic carbocycles. The predicted octanol–water partition coefficient (Wildman–Crippen LogP) is 4.85. The van der Waals surface area contributed by atoms with Crippen molar-refractivity contribution < 1.29 is 13.2 Å². The van der Waals surface area contributed by atoms with Gasteiger partial charge in [0.05, 0.1) is 5.56 Å². The fourth-order valence-electron chi connectivity index (χ4n) is 1.29. The van der Waals surface area contributed by atoms with E-state index in [2.05, 4.69) is 13.2 Å². The third kappa shape index (κ3) is 3.63. The van der Waals surface area contributed by atoms with E-state index in [9.17, 15) is 13.2 Å². The molecule has 1 aromatic rings. The summed E-state index contributed by atoms with van der Waals surface area (Å²) in [6.45, 7) is 9.24. The third-order valence-corrected chi connectivity index (χ3v) is 2.31. The molecular weight excluding hydrogens is 225 g/mol. The third-order valence-electron chi connectivity index (χ3n) is 2.31. The molecule has 0 aliphatic heterocycles. The first-order valence-corrected chi connectivity index (χ1v) is 5.02. The summed E-state index contributed by atoms with van der Waals surface area (Å²) >= 11 is 0. The van der Waals surface area contributed by atoms with Crippen LogP contribution in [-0.2, 0) is 6.18 Å². The van der Waals surface area contributed by atoms with Crippen molar-refractivity contribution in [3.8, 4) is 0 Å². The zero-order valence-corrected chi connectivity index (χ0v) is 9.51. The van der Waals surface area contributed by atoms with E-state index in [0.717, 1.165) is 17.7 Å². The van der Waals surface area contributed by atoms with Gasteiger partial charge in [-0.25, -0.2) is 0 Å². The summed E-state index contributed by atoms with van der Waals surface area (Å²) in [5, 5.41) is 0. The van der Waals surface area contributed by atoms with Crippen LogP contribution in [0.3, 0.4) is 0 Å². The van der Waals surface area contributed by atoms with Gasteiger partial charge in [0, 0.05) is 0 Å². The lowest BCUT2D eigenvalue weighted by molar-refractivity contribution is -0.137. The molecule has 0 aromatic heterocycles. The van der Waals surface area contributed by atoms with Crippen molar-refractivity contribution >= 4 is 5.57 Å². The largest absolute Gasteiger partial charge is 0.416 e. The van der Waals surface area contributed by atoms with Crippen LogP contribution in [0.25, 0.3) is 5.57 Å². The van der Waals surface area contributed by atoms with Crippen LogP contribution in [0.4, 0.5) is 13.2 Å². The summed E-state index contributed by atoms with van der Waals surface area (Å²) in [5.41, 5.74) is 1.59. The first-order chi connectivity index (χ1) is 7.84. The van der Waals surface area contributed by atoms with Gasteiger partial charge >= 0.3 is 6.18 Å². The van der Waals surface area contributed by atoms with Gasteiger partial charge in [-0.3, -0.25) is 0 Å². The van der Waals surface area contributed by atoms with Crippen LogP contribution in [0.1, 0.15) is 18.1 Å². The molecule has 17 heavy (non-hydrogen) atoms. The quantitative estimate of drug-likeness (QED) is 0.660. The number of allylic oxidation sites excluding steroid dienone is 4. The SMILES string of the molecule is C=C/C(C)=C\C(=C)c1ccc(C(F)(F)F)cc1. The molecule has 0 bridgehead atoms. The predicted molar refractivity (Wildman–Crippen MR) is 64.4 cm³/mol. The maximum Gasteiger partial charge on any atom is 0.416 e. The molecule has 90 valence electrons. The number of hydrogen-bond acceptors (Lipinski definition) is 0. The summed E-state index contributed by atoms with van der Waals surface area (Å²) in [5.74, 6) is 0. The van der Waals surface area contributed by atoms with Gasteiger partial charge in [-0.1, -0.05) is 43.0 Å². The Morgan fingerprint density at radius 3 is 2.12 bits per heavy atom. The maximum absolute atomic E-state index is 12.3. The Labute approximate surface area is 98.8 Å². The van der Waals surface area contributed by atoms with Crippen LogP contribution in [0.5, 0.6) is 0 Å². The van der Waals surface area contributed by atoms with Crippen molar-refractivity contribution in [2.45, 2.75) is 13.1 Å². The second kappa shape index (κ2) is 5.04. The number of hydrogen-bond donors (Lipinski definition) is 0. The summed E-state index contributed by atoms with van der Waals surface area (Å²) in [4.78, 5) is 0. The average molecular weight is 238 g/mol. The highest BCUT2D eigenvalue weighted by atomic mass is 19.4. The van der Waals surface area contributed by atoms with Crippen LogP contribution in [-0.4, -0.2) is 0 Å². The lowest BCUT2D eigenvalue weighted by Crippen LogP contribution is -2.04. The molecule has 0 N–H and O–H groups in total. The molecule has 0 amide bonds. The molecule has 1 aromatic carbocycles. The van der Waals surface area contributed by atoms with E-state index in [1.807, 2.05) is 6.92 Å². The Morgan fingerprint density at radius 2 is 1.71 bits per heavy atom. The van der Waals surface area contributed by atoms with E-state index in [-0.39, 0.29) is 0 Å². The van der Waals surface area contributed by atoms with E-state index in [0.29, 0.717) is 11.1 Å². The van der Waals surface area contributed by atoms with Crippen LogP contribution in [0.15, 0.2) is 55.1 Å². The van der Waals surface area contributed by atoms with Crippen LogP contribution < -0.4 is 0 Å². The van der Waals surface area contributed by atoms with E-state index < -0.39 is 11.7 Å². The molecule has 0 aliphatic rings. The van der Waals surface area contributed by atoms with Gasteiger partial charge in [0.2, 0.25) is 0 Å². The monoisotopic (exact) mass is 238 g/mol. The summed E-state index contributed by atoms with van der Waals surface area (Å²) in [7, 11) is 0. The minimum Gasteiger partial charge on any atom is -0.166 e. The van der Waals surface area contributed by atoms with Crippen molar-refractivity contribution in [1.82, 2.24) is 0 Å². The zero-order chi connectivity index (χ0) is 13.1. The first kappa shape index (κ1) is 13.3. The number of halogens is 3. The molecule has 0 spiro atoms. The van der Waals surface area contributed by atoms with Gasteiger partial charge in [-0.15, -0.1) is 0 Å². The van der Waals surface area contributed by atoms with Crippen LogP contribution >= 0.6 is 0 Å². The molecule has 0 unspecified atom stereocenters. The van der Waals surface area contributed by atoms with Crippen LogP contribution in [0.2, 0.25) is 0 Å². The number of alkyl halides is 3. The highest BCUT2D eigenvalue weighted by Gasteiger charge is 2.29. The van der Waals surface area contributed by atoms with Crippen molar-refractivity contribution in [2.24, 2.45) is 0 Å². The molecule has 0 saturated carbocycles. The normalized spacial score (nSPS) is 12.4. The van der Waals surface area contributed by atoms with E-state index in [4.69, 9.17) is 0 Å². The van der Waals surface area contributed by atoms with Crippen molar-refractivity contribution in [3.63, 3.8) is 0 Å². The number of benzene rings is 1. The van der Waals surface area contributed by atoms with E-state index in [1.54, 1.807) is 12.2 Å². The number of rotatable bonds is 3. The second-order valence-corrected chi connectivity index (χ2v) is 3.69. The lowest BCUT2D eigenvalue weighted by atomic mass is 10.0. The molecule has 0 fully saturated rings. The molecule has 1 rings (SSSR count). The van der Waals surface area contributed by atoms with Gasteiger partial charge in [-0.2, -0.15) is 13.2 Å². The van der Waals surface area contributed by atoms with Gasteiger partial charge < -0.3 is 0 Å². The molecule has 0 nitrogen and oxygen atoms in total. The summed E-state index contributed by atoms with van der Waals surface area (Å²) < 4.78 is 37.0. The Morgan fingerprint density at radius 1 is 1.18 bits per heavy atom. The Balaban J connectivity index is 2.96. The highest BCUT2D eigenvalue weighted by molar-refractivity contribution is 5.73. The van der Waals surface area contributed by atoms with E-state index >= 15 is 0 Å². The Kier molecular flexibility index (Phi) is 3.94. The topological polar surface area (TPSA) is 0 Å². The Bertz CT molecular complexity index is 447. The molecular formula is C14H13F3. The first-order valence-electron chi connectivity index (χ1n) is 5.02. The minimum absolute atomic E-state index is 0.654. The van der Waals surface area contributed by atoms with Crippen molar-refractivity contribution in [3.05, 3.63) is 66.3 Å². The average Bonchev–Trinajstić information content (AvgIpc) is 2.27. The van der Waals surface area contributed by atoms with E-state index in [1.165, 1.54) is 12.1 Å². The standard InChI is InChI=1S/C14H13F3/c1-4-10(2)9-11(3)12-5-7-13(8-6-12)14(15,16)17/h4-9H,1,3H2,2H3/b10-9-. The highest BCUT2D eigenvalue weighted by Crippen LogP contribution is 2.30. The lowest BCUT2D eigenvalue weighted by Gasteiger charge is -2.07. The fraction of sp³-hybridized carbons (Fsp3) is 0.143. The molecule has 0 radical (unpaired) electrons. The molecule has 0 saturated heterocycles.